The molecule has 0 radical (unpaired) electrons. The largest absolute Gasteiger partial charge is 0.438 e. The molecule has 0 unspecified atom stereocenters. The summed E-state index contributed by atoms with van der Waals surface area (Å²) in [5.74, 6) is 0.328. The zero-order chi connectivity index (χ0) is 20.1. The van der Waals surface area contributed by atoms with Crippen LogP contribution in [0.1, 0.15) is 10.4 Å². The lowest BCUT2D eigenvalue weighted by molar-refractivity contribution is 0.102. The van der Waals surface area contributed by atoms with Gasteiger partial charge in [0.1, 0.15) is 11.3 Å². The zero-order valence-electron chi connectivity index (χ0n) is 15.4. The smallest absolute Gasteiger partial charge is 0.261 e. The van der Waals surface area contributed by atoms with Gasteiger partial charge in [-0.15, -0.1) is 0 Å². The molecule has 0 saturated heterocycles. The average molecular weight is 397 g/mol. The van der Waals surface area contributed by atoms with Gasteiger partial charge in [-0.25, -0.2) is 17.7 Å². The summed E-state index contributed by atoms with van der Waals surface area (Å²) >= 11 is 0. The van der Waals surface area contributed by atoms with Gasteiger partial charge in [0, 0.05) is 26.0 Å². The normalized spacial score (nSPS) is 11.2. The molecular weight excluding hydrogens is 378 g/mol. The number of nitrogens with zero attached hydrogens (tertiary/aromatic N) is 2. The van der Waals surface area contributed by atoms with Gasteiger partial charge in [-0.05, 0) is 48.5 Å². The molecule has 0 spiro atoms. The van der Waals surface area contributed by atoms with Gasteiger partial charge in [0.15, 0.2) is 0 Å². The molecule has 1 N–H and O–H groups in total. The van der Waals surface area contributed by atoms with Crippen molar-refractivity contribution in [2.24, 2.45) is 0 Å². The van der Waals surface area contributed by atoms with E-state index in [-0.39, 0.29) is 16.3 Å². The van der Waals surface area contributed by atoms with Gasteiger partial charge in [-0.3, -0.25) is 4.79 Å². The van der Waals surface area contributed by atoms with E-state index in [1.807, 2.05) is 18.2 Å². The number of hydrogen-bond donors (Lipinski definition) is 1. The highest BCUT2D eigenvalue weighted by Gasteiger charge is 2.18. The first-order valence-corrected chi connectivity index (χ1v) is 9.84. The van der Waals surface area contributed by atoms with Crippen LogP contribution in [-0.4, -0.2) is 37.7 Å². The summed E-state index contributed by atoms with van der Waals surface area (Å²) in [6.45, 7) is 0. The number of nitrogens with one attached hydrogen (secondary N) is 1. The van der Waals surface area contributed by atoms with Gasteiger partial charge < -0.3 is 10.1 Å². The summed E-state index contributed by atoms with van der Waals surface area (Å²) in [5.41, 5.74) is 0.716. The molecule has 0 aliphatic rings. The molecule has 144 valence electrons. The van der Waals surface area contributed by atoms with E-state index in [1.165, 1.54) is 44.6 Å². The van der Waals surface area contributed by atoms with Crippen molar-refractivity contribution >= 4 is 21.6 Å². The van der Waals surface area contributed by atoms with Gasteiger partial charge >= 0.3 is 0 Å². The maximum absolute atomic E-state index is 12.7. The molecule has 1 amide bonds. The third-order valence-electron chi connectivity index (χ3n) is 3.86. The molecule has 1 heterocycles. The number of anilines is 1. The monoisotopic (exact) mass is 397 g/mol. The Bertz CT molecular complexity index is 1070. The number of carbonyl (C=O) groups excluding carboxylic acids is 1. The first kappa shape index (κ1) is 19.5. The Morgan fingerprint density at radius 1 is 0.964 bits per heavy atom. The second-order valence-corrected chi connectivity index (χ2v) is 8.19. The second kappa shape index (κ2) is 8.20. The fourth-order valence-corrected chi connectivity index (χ4v) is 3.27. The van der Waals surface area contributed by atoms with Crippen LogP contribution in [0.3, 0.4) is 0 Å². The number of hydrogen-bond acceptors (Lipinski definition) is 5. The SMILES string of the molecule is CN(C)S(=O)(=O)c1ccc(NC(=O)c2cccnc2Oc2ccccc2)cc1. The van der Waals surface area contributed by atoms with E-state index in [4.69, 9.17) is 4.74 Å². The molecule has 8 heteroatoms. The van der Waals surface area contributed by atoms with E-state index < -0.39 is 15.9 Å². The molecule has 2 aromatic carbocycles. The Kier molecular flexibility index (Phi) is 5.72. The molecule has 0 fully saturated rings. The first-order chi connectivity index (χ1) is 13.4. The van der Waals surface area contributed by atoms with Crippen molar-refractivity contribution in [2.45, 2.75) is 4.90 Å². The molecule has 3 rings (SSSR count). The molecule has 0 aliphatic heterocycles. The number of aromatic nitrogens is 1. The Morgan fingerprint density at radius 3 is 2.29 bits per heavy atom. The lowest BCUT2D eigenvalue weighted by Gasteiger charge is -2.12. The molecular formula is C20H19N3O4S. The van der Waals surface area contributed by atoms with E-state index in [1.54, 1.807) is 24.3 Å². The van der Waals surface area contributed by atoms with Gasteiger partial charge in [-0.1, -0.05) is 18.2 Å². The molecule has 3 aromatic rings. The van der Waals surface area contributed by atoms with Crippen molar-refractivity contribution in [3.05, 3.63) is 78.5 Å². The van der Waals surface area contributed by atoms with Crippen molar-refractivity contribution in [2.75, 3.05) is 19.4 Å². The Labute approximate surface area is 163 Å². The summed E-state index contributed by atoms with van der Waals surface area (Å²) in [4.78, 5) is 16.9. The predicted molar refractivity (Wildman–Crippen MR) is 106 cm³/mol. The summed E-state index contributed by atoms with van der Waals surface area (Å²) in [6, 6.07) is 18.2. The van der Waals surface area contributed by atoms with Crippen molar-refractivity contribution < 1.29 is 17.9 Å². The number of carbonyl (C=O) groups is 1. The number of amides is 1. The minimum atomic E-state index is -3.52. The summed E-state index contributed by atoms with van der Waals surface area (Å²) in [5, 5.41) is 2.72. The van der Waals surface area contributed by atoms with Crippen LogP contribution in [-0.2, 0) is 10.0 Å². The number of ether oxygens (including phenoxy) is 1. The minimum absolute atomic E-state index is 0.143. The van der Waals surface area contributed by atoms with E-state index in [2.05, 4.69) is 10.3 Å². The zero-order valence-corrected chi connectivity index (χ0v) is 16.2. The van der Waals surface area contributed by atoms with Gasteiger partial charge in [0.25, 0.3) is 5.91 Å². The number of rotatable bonds is 6. The molecule has 7 nitrogen and oxygen atoms in total. The summed E-state index contributed by atoms with van der Waals surface area (Å²) in [6.07, 6.45) is 1.54. The molecule has 28 heavy (non-hydrogen) atoms. The highest BCUT2D eigenvalue weighted by Crippen LogP contribution is 2.24. The maximum Gasteiger partial charge on any atom is 0.261 e. The quantitative estimate of drug-likeness (QED) is 0.689. The maximum atomic E-state index is 12.7. The average Bonchev–Trinajstić information content (AvgIpc) is 2.69. The lowest BCUT2D eigenvalue weighted by Crippen LogP contribution is -2.22. The lowest BCUT2D eigenvalue weighted by atomic mass is 10.2. The van der Waals surface area contributed by atoms with E-state index in [0.717, 1.165) is 4.31 Å². The minimum Gasteiger partial charge on any atom is -0.438 e. The van der Waals surface area contributed by atoms with Crippen LogP contribution in [0.25, 0.3) is 0 Å². The highest BCUT2D eigenvalue weighted by molar-refractivity contribution is 7.89. The van der Waals surface area contributed by atoms with Crippen LogP contribution >= 0.6 is 0 Å². The fourth-order valence-electron chi connectivity index (χ4n) is 2.36. The molecule has 0 bridgehead atoms. The van der Waals surface area contributed by atoms with E-state index in [9.17, 15) is 13.2 Å². The third-order valence-corrected chi connectivity index (χ3v) is 5.69. The number of para-hydroxylation sites is 1. The van der Waals surface area contributed by atoms with Crippen molar-refractivity contribution in [1.82, 2.24) is 9.29 Å². The van der Waals surface area contributed by atoms with Crippen LogP contribution in [0, 0.1) is 0 Å². The van der Waals surface area contributed by atoms with E-state index in [0.29, 0.717) is 11.4 Å². The topological polar surface area (TPSA) is 88.6 Å². The van der Waals surface area contributed by atoms with Gasteiger partial charge in [0.2, 0.25) is 15.9 Å². The number of sulfonamides is 1. The Morgan fingerprint density at radius 2 is 1.64 bits per heavy atom. The first-order valence-electron chi connectivity index (χ1n) is 8.40. The van der Waals surface area contributed by atoms with Crippen LogP contribution in [0.2, 0.25) is 0 Å². The Hall–Kier alpha value is -3.23. The van der Waals surface area contributed by atoms with Crippen molar-refractivity contribution in [1.29, 1.82) is 0 Å². The summed E-state index contributed by atoms with van der Waals surface area (Å²) in [7, 11) is -0.605. The van der Waals surface area contributed by atoms with Crippen LogP contribution < -0.4 is 10.1 Å². The Balaban J connectivity index is 1.79. The third kappa shape index (κ3) is 4.36. The van der Waals surface area contributed by atoms with Crippen LogP contribution in [0.5, 0.6) is 11.6 Å². The standard InChI is InChI=1S/C20H19N3O4S/c1-23(2)28(25,26)17-12-10-15(11-13-17)22-19(24)18-9-6-14-21-20(18)27-16-7-4-3-5-8-16/h3-14H,1-2H3,(H,22,24). The van der Waals surface area contributed by atoms with Gasteiger partial charge in [-0.2, -0.15) is 0 Å². The van der Waals surface area contributed by atoms with Crippen molar-refractivity contribution in [3.8, 4) is 11.6 Å². The molecule has 1 aromatic heterocycles. The summed E-state index contributed by atoms with van der Waals surface area (Å²) < 4.78 is 31.1. The van der Waals surface area contributed by atoms with Gasteiger partial charge in [0.05, 0.1) is 4.90 Å². The highest BCUT2D eigenvalue weighted by atomic mass is 32.2. The number of benzene rings is 2. The van der Waals surface area contributed by atoms with Crippen LogP contribution in [0.4, 0.5) is 5.69 Å². The molecule has 0 aliphatic carbocycles. The van der Waals surface area contributed by atoms with Crippen LogP contribution in [0.15, 0.2) is 77.8 Å². The van der Waals surface area contributed by atoms with Crippen molar-refractivity contribution in [3.63, 3.8) is 0 Å². The molecule has 0 saturated carbocycles. The van der Waals surface area contributed by atoms with E-state index >= 15 is 0 Å². The second-order valence-electron chi connectivity index (χ2n) is 6.04. The fraction of sp³-hybridized carbons (Fsp3) is 0.100. The number of pyridine rings is 1. The predicted octanol–water partition coefficient (Wildman–Crippen LogP) is 3.38. The molecule has 0 atom stereocenters.